The number of anilines is 2. The van der Waals surface area contributed by atoms with Gasteiger partial charge in [-0.3, -0.25) is 5.10 Å². The SMILES string of the molecule is CCCNC(C)c1cccc(NC(=O)Nc2cn[nH]c2)c1. The molecule has 1 aromatic carbocycles. The molecule has 0 radical (unpaired) electrons. The second kappa shape index (κ2) is 7.44. The van der Waals surface area contributed by atoms with Crippen LogP contribution in [0.15, 0.2) is 36.7 Å². The van der Waals surface area contributed by atoms with Crippen molar-refractivity contribution in [3.05, 3.63) is 42.2 Å². The highest BCUT2D eigenvalue weighted by atomic mass is 16.2. The molecule has 0 aliphatic carbocycles. The number of carbonyl (C=O) groups is 1. The van der Waals surface area contributed by atoms with Crippen molar-refractivity contribution in [3.8, 4) is 0 Å². The molecule has 2 amide bonds. The normalized spacial score (nSPS) is 11.9. The largest absolute Gasteiger partial charge is 0.323 e. The van der Waals surface area contributed by atoms with Gasteiger partial charge in [0.25, 0.3) is 0 Å². The van der Waals surface area contributed by atoms with Crippen molar-refractivity contribution in [3.63, 3.8) is 0 Å². The van der Waals surface area contributed by atoms with E-state index < -0.39 is 0 Å². The third kappa shape index (κ3) is 4.61. The van der Waals surface area contributed by atoms with Gasteiger partial charge in [0.1, 0.15) is 0 Å². The van der Waals surface area contributed by atoms with Crippen LogP contribution in [-0.2, 0) is 0 Å². The smallest absolute Gasteiger partial charge is 0.310 e. The van der Waals surface area contributed by atoms with E-state index in [1.807, 2.05) is 24.3 Å². The van der Waals surface area contributed by atoms with Crippen LogP contribution in [0.2, 0.25) is 0 Å². The first kappa shape index (κ1) is 15.1. The van der Waals surface area contributed by atoms with Crippen LogP contribution in [0.5, 0.6) is 0 Å². The van der Waals surface area contributed by atoms with E-state index in [1.54, 1.807) is 12.4 Å². The summed E-state index contributed by atoms with van der Waals surface area (Å²) in [5.74, 6) is 0. The highest BCUT2D eigenvalue weighted by Crippen LogP contribution is 2.17. The average molecular weight is 287 g/mol. The molecule has 0 aliphatic heterocycles. The predicted molar refractivity (Wildman–Crippen MR) is 84.4 cm³/mol. The van der Waals surface area contributed by atoms with Crippen molar-refractivity contribution in [1.82, 2.24) is 15.5 Å². The van der Waals surface area contributed by atoms with E-state index in [1.165, 1.54) is 0 Å². The van der Waals surface area contributed by atoms with Crippen LogP contribution in [0.25, 0.3) is 0 Å². The number of hydrogen-bond donors (Lipinski definition) is 4. The topological polar surface area (TPSA) is 81.8 Å². The van der Waals surface area contributed by atoms with Gasteiger partial charge in [-0.05, 0) is 37.6 Å². The summed E-state index contributed by atoms with van der Waals surface area (Å²) in [6.45, 7) is 5.22. The molecule has 6 nitrogen and oxygen atoms in total. The van der Waals surface area contributed by atoms with Crippen molar-refractivity contribution < 1.29 is 4.79 Å². The Balaban J connectivity index is 1.95. The number of rotatable bonds is 6. The van der Waals surface area contributed by atoms with Crippen molar-refractivity contribution in [2.24, 2.45) is 0 Å². The fraction of sp³-hybridized carbons (Fsp3) is 0.333. The lowest BCUT2D eigenvalue weighted by Gasteiger charge is -2.15. The molecular weight excluding hydrogens is 266 g/mol. The predicted octanol–water partition coefficient (Wildman–Crippen LogP) is 3.11. The summed E-state index contributed by atoms with van der Waals surface area (Å²) >= 11 is 0. The lowest BCUT2D eigenvalue weighted by Crippen LogP contribution is -2.21. The molecule has 1 aromatic heterocycles. The number of aromatic amines is 1. The zero-order valence-corrected chi connectivity index (χ0v) is 12.3. The number of carbonyl (C=O) groups excluding carboxylic acids is 1. The van der Waals surface area contributed by atoms with Gasteiger partial charge in [-0.1, -0.05) is 19.1 Å². The van der Waals surface area contributed by atoms with Crippen molar-refractivity contribution in [1.29, 1.82) is 0 Å². The maximum atomic E-state index is 11.9. The summed E-state index contributed by atoms with van der Waals surface area (Å²) in [5, 5.41) is 15.3. The number of nitrogens with one attached hydrogen (secondary N) is 4. The van der Waals surface area contributed by atoms with Crippen molar-refractivity contribution in [2.45, 2.75) is 26.3 Å². The Morgan fingerprint density at radius 2 is 2.14 bits per heavy atom. The molecule has 2 aromatic rings. The Labute approximate surface area is 124 Å². The van der Waals surface area contributed by atoms with Crippen LogP contribution >= 0.6 is 0 Å². The van der Waals surface area contributed by atoms with Gasteiger partial charge in [-0.2, -0.15) is 5.10 Å². The fourth-order valence-corrected chi connectivity index (χ4v) is 1.98. The molecular formula is C15H21N5O. The van der Waals surface area contributed by atoms with Gasteiger partial charge in [-0.25, -0.2) is 4.79 Å². The summed E-state index contributed by atoms with van der Waals surface area (Å²) in [5.41, 5.74) is 2.53. The monoisotopic (exact) mass is 287 g/mol. The molecule has 4 N–H and O–H groups in total. The quantitative estimate of drug-likeness (QED) is 0.659. The zero-order chi connectivity index (χ0) is 15.1. The van der Waals surface area contributed by atoms with Gasteiger partial charge in [0.2, 0.25) is 0 Å². The minimum atomic E-state index is -0.289. The maximum absolute atomic E-state index is 11.9. The van der Waals surface area contributed by atoms with E-state index in [4.69, 9.17) is 0 Å². The molecule has 21 heavy (non-hydrogen) atoms. The second-order valence-electron chi connectivity index (χ2n) is 4.87. The lowest BCUT2D eigenvalue weighted by molar-refractivity contribution is 0.262. The zero-order valence-electron chi connectivity index (χ0n) is 12.3. The molecule has 112 valence electrons. The first-order valence-electron chi connectivity index (χ1n) is 7.09. The first-order chi connectivity index (χ1) is 10.2. The third-order valence-corrected chi connectivity index (χ3v) is 3.10. The van der Waals surface area contributed by atoms with E-state index in [2.05, 4.69) is 40.0 Å². The molecule has 0 spiro atoms. The van der Waals surface area contributed by atoms with Crippen LogP contribution < -0.4 is 16.0 Å². The standard InChI is InChI=1S/C15H21N5O/c1-3-7-16-11(2)12-5-4-6-13(8-12)19-15(21)20-14-9-17-18-10-14/h4-6,8-11,16H,3,7H2,1-2H3,(H,17,18)(H2,19,20,21). The molecule has 1 heterocycles. The number of hydrogen-bond acceptors (Lipinski definition) is 3. The van der Waals surface area contributed by atoms with E-state index in [0.717, 1.165) is 24.2 Å². The molecule has 0 saturated carbocycles. The van der Waals surface area contributed by atoms with Gasteiger partial charge in [-0.15, -0.1) is 0 Å². The van der Waals surface area contributed by atoms with Gasteiger partial charge in [0.15, 0.2) is 0 Å². The van der Waals surface area contributed by atoms with Gasteiger partial charge in [0, 0.05) is 17.9 Å². The molecule has 1 atom stereocenters. The van der Waals surface area contributed by atoms with Crippen molar-refractivity contribution in [2.75, 3.05) is 17.2 Å². The highest BCUT2D eigenvalue weighted by molar-refractivity contribution is 5.99. The minimum absolute atomic E-state index is 0.253. The maximum Gasteiger partial charge on any atom is 0.323 e. The number of nitrogens with zero attached hydrogens (tertiary/aromatic N) is 1. The van der Waals surface area contributed by atoms with Crippen LogP contribution in [0.1, 0.15) is 31.9 Å². The van der Waals surface area contributed by atoms with Crippen LogP contribution in [0.4, 0.5) is 16.2 Å². The molecule has 2 rings (SSSR count). The van der Waals surface area contributed by atoms with Crippen LogP contribution in [-0.4, -0.2) is 22.8 Å². The summed E-state index contributed by atoms with van der Waals surface area (Å²) in [6.07, 6.45) is 4.26. The molecule has 0 aliphatic rings. The number of H-pyrrole nitrogens is 1. The highest BCUT2D eigenvalue weighted by Gasteiger charge is 2.07. The Morgan fingerprint density at radius 1 is 1.33 bits per heavy atom. The number of benzene rings is 1. The summed E-state index contributed by atoms with van der Waals surface area (Å²) < 4.78 is 0. The molecule has 0 fully saturated rings. The number of amides is 2. The Morgan fingerprint density at radius 3 is 2.86 bits per heavy atom. The van der Waals surface area contributed by atoms with E-state index in [-0.39, 0.29) is 12.1 Å². The summed E-state index contributed by atoms with van der Waals surface area (Å²) in [4.78, 5) is 11.9. The van der Waals surface area contributed by atoms with E-state index in [0.29, 0.717) is 5.69 Å². The molecule has 1 unspecified atom stereocenters. The second-order valence-corrected chi connectivity index (χ2v) is 4.87. The molecule has 0 saturated heterocycles. The lowest BCUT2D eigenvalue weighted by atomic mass is 10.1. The van der Waals surface area contributed by atoms with Crippen LogP contribution in [0, 0.1) is 0 Å². The van der Waals surface area contributed by atoms with Gasteiger partial charge < -0.3 is 16.0 Å². The van der Waals surface area contributed by atoms with Crippen LogP contribution in [0.3, 0.4) is 0 Å². The number of urea groups is 1. The van der Waals surface area contributed by atoms with Gasteiger partial charge >= 0.3 is 6.03 Å². The fourth-order valence-electron chi connectivity index (χ4n) is 1.98. The first-order valence-corrected chi connectivity index (χ1v) is 7.09. The molecule has 6 heteroatoms. The van der Waals surface area contributed by atoms with E-state index >= 15 is 0 Å². The Hall–Kier alpha value is -2.34. The Bertz CT molecular complexity index is 567. The molecule has 0 bridgehead atoms. The third-order valence-electron chi connectivity index (χ3n) is 3.10. The minimum Gasteiger partial charge on any atom is -0.310 e. The van der Waals surface area contributed by atoms with Gasteiger partial charge in [0.05, 0.1) is 11.9 Å². The summed E-state index contributed by atoms with van der Waals surface area (Å²) in [6, 6.07) is 7.79. The van der Waals surface area contributed by atoms with E-state index in [9.17, 15) is 4.79 Å². The van der Waals surface area contributed by atoms with Crippen molar-refractivity contribution >= 4 is 17.4 Å². The summed E-state index contributed by atoms with van der Waals surface area (Å²) in [7, 11) is 0. The number of aromatic nitrogens is 2. The Kier molecular flexibility index (Phi) is 5.34. The average Bonchev–Trinajstić information content (AvgIpc) is 2.97.